The van der Waals surface area contributed by atoms with Gasteiger partial charge in [-0.05, 0) is 44.4 Å². The molecule has 2 heteroatoms. The van der Waals surface area contributed by atoms with Gasteiger partial charge in [-0.25, -0.2) is 0 Å². The summed E-state index contributed by atoms with van der Waals surface area (Å²) >= 11 is 0. The van der Waals surface area contributed by atoms with Crippen molar-refractivity contribution in [1.82, 2.24) is 5.32 Å². The number of benzene rings is 1. The third-order valence-electron chi connectivity index (χ3n) is 4.66. The standard InChI is InChI=1S/C18H30N2/c1-3-4-14-20(17-12-6-5-7-13-17)15-18(19-2)16-10-8-9-11-16/h5-7,12-13,16,18-19H,3-4,8-11,14-15H2,1-2H3. The minimum absolute atomic E-state index is 0.634. The molecule has 0 bridgehead atoms. The Balaban J connectivity index is 2.01. The predicted octanol–water partition coefficient (Wildman–Crippen LogP) is 4.07. The number of hydrogen-bond donors (Lipinski definition) is 1. The number of anilines is 1. The Kier molecular flexibility index (Phi) is 6.38. The molecular formula is C18H30N2. The lowest BCUT2D eigenvalue weighted by molar-refractivity contribution is 0.377. The molecule has 1 saturated carbocycles. The summed E-state index contributed by atoms with van der Waals surface area (Å²) in [5, 5.41) is 3.58. The van der Waals surface area contributed by atoms with Gasteiger partial charge in [-0.3, -0.25) is 0 Å². The van der Waals surface area contributed by atoms with E-state index in [1.54, 1.807) is 0 Å². The van der Waals surface area contributed by atoms with Gasteiger partial charge in [0.1, 0.15) is 0 Å². The fourth-order valence-corrected chi connectivity index (χ4v) is 3.39. The van der Waals surface area contributed by atoms with E-state index in [2.05, 4.69) is 54.5 Å². The summed E-state index contributed by atoms with van der Waals surface area (Å²) < 4.78 is 0. The molecule has 1 aliphatic carbocycles. The van der Waals surface area contributed by atoms with Crippen LogP contribution in [0.15, 0.2) is 30.3 Å². The van der Waals surface area contributed by atoms with Crippen molar-refractivity contribution < 1.29 is 0 Å². The first kappa shape index (κ1) is 15.4. The molecule has 0 aliphatic heterocycles. The average molecular weight is 274 g/mol. The third-order valence-corrected chi connectivity index (χ3v) is 4.66. The fourth-order valence-electron chi connectivity index (χ4n) is 3.39. The maximum absolute atomic E-state index is 3.58. The van der Waals surface area contributed by atoms with Crippen LogP contribution in [0.2, 0.25) is 0 Å². The summed E-state index contributed by atoms with van der Waals surface area (Å²) in [6.45, 7) is 4.59. The highest BCUT2D eigenvalue weighted by Crippen LogP contribution is 2.28. The number of hydrogen-bond acceptors (Lipinski definition) is 2. The summed E-state index contributed by atoms with van der Waals surface area (Å²) in [4.78, 5) is 2.57. The number of nitrogens with zero attached hydrogens (tertiary/aromatic N) is 1. The highest BCUT2D eigenvalue weighted by molar-refractivity contribution is 5.46. The van der Waals surface area contributed by atoms with Gasteiger partial charge < -0.3 is 10.2 Å². The van der Waals surface area contributed by atoms with Crippen LogP contribution < -0.4 is 10.2 Å². The Morgan fingerprint density at radius 2 is 1.90 bits per heavy atom. The molecule has 1 fully saturated rings. The Labute approximate surface area is 124 Å². The normalized spacial score (nSPS) is 17.3. The summed E-state index contributed by atoms with van der Waals surface area (Å²) in [5.74, 6) is 0.868. The van der Waals surface area contributed by atoms with E-state index in [-0.39, 0.29) is 0 Å². The third kappa shape index (κ3) is 4.24. The number of rotatable bonds is 8. The number of nitrogens with one attached hydrogen (secondary N) is 1. The molecule has 2 nitrogen and oxygen atoms in total. The van der Waals surface area contributed by atoms with Crippen LogP contribution in [0.4, 0.5) is 5.69 Å². The van der Waals surface area contributed by atoms with Crippen molar-refractivity contribution >= 4 is 5.69 Å². The molecule has 0 aromatic heterocycles. The molecule has 0 radical (unpaired) electrons. The minimum Gasteiger partial charge on any atom is -0.370 e. The van der Waals surface area contributed by atoms with Crippen LogP contribution in [0, 0.1) is 5.92 Å². The van der Waals surface area contributed by atoms with Crippen LogP contribution in [0.3, 0.4) is 0 Å². The van der Waals surface area contributed by atoms with Gasteiger partial charge in [0.25, 0.3) is 0 Å². The topological polar surface area (TPSA) is 15.3 Å². The molecule has 0 spiro atoms. The molecule has 1 aromatic carbocycles. The van der Waals surface area contributed by atoms with Crippen molar-refractivity contribution in [3.63, 3.8) is 0 Å². The van der Waals surface area contributed by atoms with E-state index in [4.69, 9.17) is 0 Å². The molecule has 0 saturated heterocycles. The van der Waals surface area contributed by atoms with Gasteiger partial charge in [0.15, 0.2) is 0 Å². The lowest BCUT2D eigenvalue weighted by Gasteiger charge is -2.32. The zero-order valence-electron chi connectivity index (χ0n) is 13.1. The monoisotopic (exact) mass is 274 g/mol. The molecule has 0 amide bonds. The quantitative estimate of drug-likeness (QED) is 0.768. The van der Waals surface area contributed by atoms with Crippen LogP contribution >= 0.6 is 0 Å². The lowest BCUT2D eigenvalue weighted by atomic mass is 9.97. The maximum atomic E-state index is 3.58. The molecule has 1 aliphatic rings. The van der Waals surface area contributed by atoms with Crippen molar-refractivity contribution in [3.05, 3.63) is 30.3 Å². The SMILES string of the molecule is CCCCN(CC(NC)C1CCCC1)c1ccccc1. The second kappa shape index (κ2) is 8.31. The van der Waals surface area contributed by atoms with Crippen molar-refractivity contribution in [1.29, 1.82) is 0 Å². The van der Waals surface area contributed by atoms with Gasteiger partial charge >= 0.3 is 0 Å². The highest BCUT2D eigenvalue weighted by atomic mass is 15.2. The lowest BCUT2D eigenvalue weighted by Crippen LogP contribution is -2.44. The molecule has 1 N–H and O–H groups in total. The molecular weight excluding hydrogens is 244 g/mol. The van der Waals surface area contributed by atoms with E-state index in [1.165, 1.54) is 50.8 Å². The predicted molar refractivity (Wildman–Crippen MR) is 88.4 cm³/mol. The van der Waals surface area contributed by atoms with E-state index in [1.807, 2.05) is 0 Å². The van der Waals surface area contributed by atoms with Gasteiger partial charge in [0.05, 0.1) is 0 Å². The van der Waals surface area contributed by atoms with Crippen molar-refractivity contribution in [3.8, 4) is 0 Å². The number of para-hydroxylation sites is 1. The second-order valence-electron chi connectivity index (χ2n) is 6.07. The van der Waals surface area contributed by atoms with Gasteiger partial charge in [0.2, 0.25) is 0 Å². The molecule has 1 atom stereocenters. The van der Waals surface area contributed by atoms with Gasteiger partial charge in [-0.1, -0.05) is 44.4 Å². The summed E-state index contributed by atoms with van der Waals surface area (Å²) in [6, 6.07) is 11.5. The van der Waals surface area contributed by atoms with Crippen molar-refractivity contribution in [2.75, 3.05) is 25.0 Å². The Morgan fingerprint density at radius 1 is 1.20 bits per heavy atom. The zero-order chi connectivity index (χ0) is 14.2. The summed E-state index contributed by atoms with van der Waals surface area (Å²) in [7, 11) is 2.13. The Hall–Kier alpha value is -1.02. The highest BCUT2D eigenvalue weighted by Gasteiger charge is 2.25. The van der Waals surface area contributed by atoms with E-state index >= 15 is 0 Å². The van der Waals surface area contributed by atoms with Gasteiger partial charge in [-0.15, -0.1) is 0 Å². The van der Waals surface area contributed by atoms with Crippen LogP contribution in [0.25, 0.3) is 0 Å². The first-order valence-electron chi connectivity index (χ1n) is 8.32. The van der Waals surface area contributed by atoms with Crippen molar-refractivity contribution in [2.24, 2.45) is 5.92 Å². The fraction of sp³-hybridized carbons (Fsp3) is 0.667. The minimum atomic E-state index is 0.634. The molecule has 1 unspecified atom stereocenters. The van der Waals surface area contributed by atoms with Crippen LogP contribution in [0.5, 0.6) is 0 Å². The van der Waals surface area contributed by atoms with Crippen LogP contribution in [0.1, 0.15) is 45.4 Å². The first-order valence-corrected chi connectivity index (χ1v) is 8.32. The van der Waals surface area contributed by atoms with Crippen LogP contribution in [-0.4, -0.2) is 26.2 Å². The van der Waals surface area contributed by atoms with Gasteiger partial charge in [-0.2, -0.15) is 0 Å². The largest absolute Gasteiger partial charge is 0.370 e. The number of unbranched alkanes of at least 4 members (excludes halogenated alkanes) is 1. The van der Waals surface area contributed by atoms with E-state index in [9.17, 15) is 0 Å². The zero-order valence-corrected chi connectivity index (χ0v) is 13.1. The Morgan fingerprint density at radius 3 is 2.50 bits per heavy atom. The first-order chi connectivity index (χ1) is 9.85. The van der Waals surface area contributed by atoms with E-state index in [0.717, 1.165) is 12.5 Å². The summed E-state index contributed by atoms with van der Waals surface area (Å²) in [6.07, 6.45) is 8.18. The van der Waals surface area contributed by atoms with Crippen molar-refractivity contribution in [2.45, 2.75) is 51.5 Å². The Bertz CT molecular complexity index is 357. The smallest absolute Gasteiger partial charge is 0.0366 e. The number of likely N-dealkylation sites (N-methyl/N-ethyl adjacent to an activating group) is 1. The van der Waals surface area contributed by atoms with Gasteiger partial charge in [0, 0.05) is 24.8 Å². The molecule has 20 heavy (non-hydrogen) atoms. The second-order valence-corrected chi connectivity index (χ2v) is 6.07. The maximum Gasteiger partial charge on any atom is 0.0366 e. The van der Waals surface area contributed by atoms with E-state index < -0.39 is 0 Å². The molecule has 1 aromatic rings. The molecule has 0 heterocycles. The molecule has 112 valence electrons. The summed E-state index contributed by atoms with van der Waals surface area (Å²) in [5.41, 5.74) is 1.37. The van der Waals surface area contributed by atoms with E-state index in [0.29, 0.717) is 6.04 Å². The van der Waals surface area contributed by atoms with Crippen LogP contribution in [-0.2, 0) is 0 Å². The average Bonchev–Trinajstić information content (AvgIpc) is 3.03. The molecule has 2 rings (SSSR count).